The first-order valence-corrected chi connectivity index (χ1v) is 9.16. The van der Waals surface area contributed by atoms with Crippen molar-refractivity contribution in [3.05, 3.63) is 101 Å². The van der Waals surface area contributed by atoms with Crippen molar-refractivity contribution >= 4 is 5.71 Å². The minimum atomic E-state index is -0.229. The monoisotopic (exact) mass is 358 g/mol. The topological polar surface area (TPSA) is 24.8 Å². The fourth-order valence-corrected chi connectivity index (χ4v) is 3.86. The van der Waals surface area contributed by atoms with E-state index < -0.39 is 0 Å². The predicted molar refractivity (Wildman–Crippen MR) is 103 cm³/mol. The van der Waals surface area contributed by atoms with Crippen LogP contribution in [0.15, 0.2) is 77.9 Å². The SMILES string of the molecule is Fc1ccc(C2=NN3Cc4ccccc4COc4ccccc4C3C2)cc1. The number of hydrogen-bond donors (Lipinski definition) is 0. The normalized spacial score (nSPS) is 18.2. The molecule has 5 rings (SSSR count). The van der Waals surface area contributed by atoms with Gasteiger partial charge in [-0.15, -0.1) is 0 Å². The first kappa shape index (κ1) is 16.1. The van der Waals surface area contributed by atoms with E-state index in [2.05, 4.69) is 29.3 Å². The molecule has 0 N–H and O–H groups in total. The molecule has 0 saturated heterocycles. The summed E-state index contributed by atoms with van der Waals surface area (Å²) in [5.74, 6) is 0.674. The maximum atomic E-state index is 13.3. The Labute approximate surface area is 157 Å². The summed E-state index contributed by atoms with van der Waals surface area (Å²) in [5, 5.41) is 7.07. The number of hydrogen-bond acceptors (Lipinski definition) is 3. The predicted octanol–water partition coefficient (Wildman–Crippen LogP) is 5.07. The zero-order valence-electron chi connectivity index (χ0n) is 14.8. The van der Waals surface area contributed by atoms with Gasteiger partial charge in [0.1, 0.15) is 18.2 Å². The molecular formula is C23H19FN2O. The van der Waals surface area contributed by atoms with Crippen LogP contribution >= 0.6 is 0 Å². The van der Waals surface area contributed by atoms with Gasteiger partial charge in [-0.1, -0.05) is 54.6 Å². The van der Waals surface area contributed by atoms with Crippen molar-refractivity contribution in [1.29, 1.82) is 0 Å². The Morgan fingerprint density at radius 3 is 2.48 bits per heavy atom. The number of hydrazone groups is 1. The largest absolute Gasteiger partial charge is 0.489 e. The summed E-state index contributed by atoms with van der Waals surface area (Å²) in [4.78, 5) is 0. The molecule has 2 aliphatic rings. The average Bonchev–Trinajstić information content (AvgIpc) is 3.13. The molecule has 0 bridgehead atoms. The molecule has 0 amide bonds. The zero-order chi connectivity index (χ0) is 18.2. The van der Waals surface area contributed by atoms with Crippen molar-refractivity contribution in [2.24, 2.45) is 5.10 Å². The number of rotatable bonds is 1. The second-order valence-corrected chi connectivity index (χ2v) is 6.97. The lowest BCUT2D eigenvalue weighted by Gasteiger charge is -2.24. The highest BCUT2D eigenvalue weighted by Crippen LogP contribution is 2.39. The van der Waals surface area contributed by atoms with Crippen molar-refractivity contribution in [2.45, 2.75) is 25.6 Å². The molecule has 0 aliphatic carbocycles. The molecule has 27 heavy (non-hydrogen) atoms. The van der Waals surface area contributed by atoms with Crippen LogP contribution in [-0.2, 0) is 13.2 Å². The van der Waals surface area contributed by atoms with Crippen LogP contribution in [-0.4, -0.2) is 10.7 Å². The Bertz CT molecular complexity index is 1010. The van der Waals surface area contributed by atoms with Crippen LogP contribution in [0.3, 0.4) is 0 Å². The smallest absolute Gasteiger partial charge is 0.125 e. The molecule has 4 heteroatoms. The third-order valence-corrected chi connectivity index (χ3v) is 5.28. The van der Waals surface area contributed by atoms with Crippen LogP contribution in [0.2, 0.25) is 0 Å². The Morgan fingerprint density at radius 1 is 0.889 bits per heavy atom. The van der Waals surface area contributed by atoms with Gasteiger partial charge in [0.05, 0.1) is 18.3 Å². The van der Waals surface area contributed by atoms with Gasteiger partial charge in [0.25, 0.3) is 0 Å². The fraction of sp³-hybridized carbons (Fsp3) is 0.174. The third kappa shape index (κ3) is 2.97. The second-order valence-electron chi connectivity index (χ2n) is 6.97. The van der Waals surface area contributed by atoms with Crippen LogP contribution in [0.1, 0.15) is 34.7 Å². The van der Waals surface area contributed by atoms with Gasteiger partial charge in [0, 0.05) is 12.0 Å². The highest BCUT2D eigenvalue weighted by atomic mass is 19.1. The molecule has 3 aromatic carbocycles. The summed E-state index contributed by atoms with van der Waals surface area (Å²) in [6.45, 7) is 1.28. The lowest BCUT2D eigenvalue weighted by molar-refractivity contribution is 0.221. The van der Waals surface area contributed by atoms with Gasteiger partial charge >= 0.3 is 0 Å². The Balaban J connectivity index is 1.59. The van der Waals surface area contributed by atoms with Gasteiger partial charge in [-0.25, -0.2) is 4.39 Å². The molecule has 1 unspecified atom stereocenters. The van der Waals surface area contributed by atoms with E-state index in [9.17, 15) is 4.39 Å². The summed E-state index contributed by atoms with van der Waals surface area (Å²) in [6, 6.07) is 23.2. The van der Waals surface area contributed by atoms with Gasteiger partial charge in [-0.2, -0.15) is 5.10 Å². The summed E-state index contributed by atoms with van der Waals surface area (Å²) >= 11 is 0. The Morgan fingerprint density at radius 2 is 1.63 bits per heavy atom. The fourth-order valence-electron chi connectivity index (χ4n) is 3.86. The minimum absolute atomic E-state index is 0.104. The van der Waals surface area contributed by atoms with Crippen LogP contribution in [0.5, 0.6) is 5.75 Å². The molecule has 0 fully saturated rings. The molecule has 0 saturated carbocycles. The van der Waals surface area contributed by atoms with E-state index in [0.717, 1.165) is 35.6 Å². The molecule has 2 heterocycles. The standard InChI is InChI=1S/C23H19FN2O/c24-19-11-9-16(10-12-19)21-13-22-20-7-3-4-8-23(20)27-15-18-6-2-1-5-17(18)14-26(22)25-21/h1-12,22H,13-15H2. The lowest BCUT2D eigenvalue weighted by Crippen LogP contribution is -2.19. The van der Waals surface area contributed by atoms with Crippen molar-refractivity contribution in [3.63, 3.8) is 0 Å². The first-order chi connectivity index (χ1) is 13.3. The van der Waals surface area contributed by atoms with E-state index in [1.807, 2.05) is 24.3 Å². The maximum absolute atomic E-state index is 13.3. The number of nitrogens with zero attached hydrogens (tertiary/aromatic N) is 2. The number of halogens is 1. The Hall–Kier alpha value is -3.14. The molecule has 134 valence electrons. The van der Waals surface area contributed by atoms with E-state index in [1.54, 1.807) is 12.1 Å². The van der Waals surface area contributed by atoms with Crippen molar-refractivity contribution < 1.29 is 9.13 Å². The minimum Gasteiger partial charge on any atom is -0.489 e. The summed E-state index contributed by atoms with van der Waals surface area (Å²) < 4.78 is 19.5. The van der Waals surface area contributed by atoms with E-state index in [-0.39, 0.29) is 11.9 Å². The number of para-hydroxylation sites is 1. The van der Waals surface area contributed by atoms with E-state index in [1.165, 1.54) is 23.3 Å². The number of ether oxygens (including phenoxy) is 1. The molecule has 3 nitrogen and oxygen atoms in total. The molecule has 0 aromatic heterocycles. The molecular weight excluding hydrogens is 339 g/mol. The highest BCUT2D eigenvalue weighted by Gasteiger charge is 2.32. The number of fused-ring (bicyclic) bond motifs is 4. The zero-order valence-corrected chi connectivity index (χ0v) is 14.8. The molecule has 0 spiro atoms. The van der Waals surface area contributed by atoms with Crippen LogP contribution < -0.4 is 4.74 Å². The summed E-state index contributed by atoms with van der Waals surface area (Å²) in [6.07, 6.45) is 0.772. The first-order valence-electron chi connectivity index (χ1n) is 9.16. The lowest BCUT2D eigenvalue weighted by atomic mass is 9.97. The van der Waals surface area contributed by atoms with Crippen LogP contribution in [0.4, 0.5) is 4.39 Å². The van der Waals surface area contributed by atoms with Crippen molar-refractivity contribution in [3.8, 4) is 5.75 Å². The second kappa shape index (κ2) is 6.54. The van der Waals surface area contributed by atoms with Crippen molar-refractivity contribution in [2.75, 3.05) is 0 Å². The van der Waals surface area contributed by atoms with Gasteiger partial charge < -0.3 is 4.74 Å². The third-order valence-electron chi connectivity index (χ3n) is 5.28. The van der Waals surface area contributed by atoms with Gasteiger partial charge in [-0.05, 0) is 34.9 Å². The van der Waals surface area contributed by atoms with Crippen LogP contribution in [0.25, 0.3) is 0 Å². The summed E-state index contributed by atoms with van der Waals surface area (Å²) in [5.41, 5.74) is 5.49. The number of benzene rings is 3. The van der Waals surface area contributed by atoms with E-state index in [4.69, 9.17) is 9.84 Å². The summed E-state index contributed by atoms with van der Waals surface area (Å²) in [7, 11) is 0. The Kier molecular flexibility index (Phi) is 3.89. The van der Waals surface area contributed by atoms with Gasteiger partial charge in [0.15, 0.2) is 0 Å². The quantitative estimate of drug-likeness (QED) is 0.607. The van der Waals surface area contributed by atoms with E-state index in [0.29, 0.717) is 6.61 Å². The molecule has 3 aromatic rings. The highest BCUT2D eigenvalue weighted by molar-refractivity contribution is 6.01. The van der Waals surface area contributed by atoms with Crippen LogP contribution in [0, 0.1) is 5.82 Å². The maximum Gasteiger partial charge on any atom is 0.125 e. The van der Waals surface area contributed by atoms with E-state index >= 15 is 0 Å². The molecule has 2 aliphatic heterocycles. The average molecular weight is 358 g/mol. The van der Waals surface area contributed by atoms with Gasteiger partial charge in [0.2, 0.25) is 0 Å². The van der Waals surface area contributed by atoms with Gasteiger partial charge in [-0.3, -0.25) is 5.01 Å². The molecule has 0 radical (unpaired) electrons. The van der Waals surface area contributed by atoms with Crippen molar-refractivity contribution in [1.82, 2.24) is 5.01 Å². The molecule has 1 atom stereocenters.